The molecule has 0 radical (unpaired) electrons. The first-order chi connectivity index (χ1) is 14.8. The number of rotatable bonds is 5. The fourth-order valence-corrected chi connectivity index (χ4v) is 3.43. The van der Waals surface area contributed by atoms with Crippen molar-refractivity contribution >= 4 is 34.9 Å². The minimum atomic E-state index is -0.960. The van der Waals surface area contributed by atoms with Crippen LogP contribution in [0.1, 0.15) is 13.3 Å². The van der Waals surface area contributed by atoms with Gasteiger partial charge in [0.2, 0.25) is 11.8 Å². The molecule has 158 valence electrons. The molecule has 1 saturated carbocycles. The summed E-state index contributed by atoms with van der Waals surface area (Å²) in [5.74, 6) is -1.71. The molecule has 0 unspecified atom stereocenters. The predicted molar refractivity (Wildman–Crippen MR) is 115 cm³/mol. The summed E-state index contributed by atoms with van der Waals surface area (Å²) in [5, 5.41) is 5.64. The number of nitrogens with one attached hydrogen (secondary N) is 2. The molecule has 1 aliphatic rings. The third kappa shape index (κ3) is 4.20. The Kier molecular flexibility index (Phi) is 5.32. The summed E-state index contributed by atoms with van der Waals surface area (Å²) < 4.78 is 15.9. The van der Waals surface area contributed by atoms with Crippen LogP contribution >= 0.6 is 11.6 Å². The van der Waals surface area contributed by atoms with Crippen molar-refractivity contribution in [3.8, 4) is 5.69 Å². The number of hydrogen-bond acceptors (Lipinski definition) is 4. The lowest BCUT2D eigenvalue weighted by Gasteiger charge is -2.14. The van der Waals surface area contributed by atoms with E-state index in [-0.39, 0.29) is 17.2 Å². The molecule has 1 fully saturated rings. The van der Waals surface area contributed by atoms with E-state index in [1.165, 1.54) is 41.2 Å². The van der Waals surface area contributed by atoms with Gasteiger partial charge in [0, 0.05) is 24.5 Å². The lowest BCUT2D eigenvalue weighted by atomic mass is 10.0. The van der Waals surface area contributed by atoms with E-state index in [9.17, 15) is 18.8 Å². The zero-order valence-electron chi connectivity index (χ0n) is 16.4. The lowest BCUT2D eigenvalue weighted by molar-refractivity contribution is -0.125. The van der Waals surface area contributed by atoms with E-state index in [1.807, 2.05) is 0 Å². The van der Waals surface area contributed by atoms with Gasteiger partial charge in [0.05, 0.1) is 27.7 Å². The number of pyridine rings is 2. The van der Waals surface area contributed by atoms with Crippen molar-refractivity contribution in [2.75, 3.05) is 10.6 Å². The Hall–Kier alpha value is -3.52. The maximum Gasteiger partial charge on any atom is 0.255 e. The maximum atomic E-state index is 14.6. The summed E-state index contributed by atoms with van der Waals surface area (Å²) in [7, 11) is 0. The smallest absolute Gasteiger partial charge is 0.255 e. The largest absolute Gasteiger partial charge is 0.323 e. The quantitative estimate of drug-likeness (QED) is 0.633. The Labute approximate surface area is 181 Å². The fraction of sp³-hybridized carbons (Fsp3) is 0.182. The first-order valence-electron chi connectivity index (χ1n) is 9.49. The van der Waals surface area contributed by atoms with E-state index < -0.39 is 23.1 Å². The predicted octanol–water partition coefficient (Wildman–Crippen LogP) is 3.63. The first kappa shape index (κ1) is 20.7. The summed E-state index contributed by atoms with van der Waals surface area (Å²) in [4.78, 5) is 41.1. The van der Waals surface area contributed by atoms with Crippen LogP contribution in [-0.4, -0.2) is 21.4 Å². The lowest BCUT2D eigenvalue weighted by Crippen LogP contribution is -2.28. The minimum absolute atomic E-state index is 0.0237. The average molecular weight is 441 g/mol. The van der Waals surface area contributed by atoms with Crippen LogP contribution in [0.2, 0.25) is 5.02 Å². The SMILES string of the molecule is C[C@@]1(C(=O)Nc2ccc(-n3ccccc3=O)cc2F)C[C@@H]1C(=O)Nc1ccc(Cl)cn1. The molecule has 2 amide bonds. The monoisotopic (exact) mass is 440 g/mol. The van der Waals surface area contributed by atoms with E-state index in [0.717, 1.165) is 0 Å². The van der Waals surface area contributed by atoms with E-state index in [1.54, 1.807) is 31.2 Å². The summed E-state index contributed by atoms with van der Waals surface area (Å²) in [6.45, 7) is 1.65. The van der Waals surface area contributed by atoms with Gasteiger partial charge in [0.25, 0.3) is 5.56 Å². The topological polar surface area (TPSA) is 93.1 Å². The number of amides is 2. The second-order valence-electron chi connectivity index (χ2n) is 7.55. The molecule has 1 aromatic carbocycles. The van der Waals surface area contributed by atoms with Gasteiger partial charge in [-0.25, -0.2) is 9.37 Å². The molecular weight excluding hydrogens is 423 g/mol. The summed E-state index contributed by atoms with van der Waals surface area (Å²) in [5.41, 5.74) is -0.943. The van der Waals surface area contributed by atoms with Crippen LogP contribution in [0.15, 0.2) is 65.7 Å². The molecule has 0 bridgehead atoms. The average Bonchev–Trinajstić information content (AvgIpc) is 3.45. The number of carbonyl (C=O) groups excluding carboxylic acids is 2. The van der Waals surface area contributed by atoms with Crippen LogP contribution in [0.3, 0.4) is 0 Å². The van der Waals surface area contributed by atoms with Crippen molar-refractivity contribution in [2.45, 2.75) is 13.3 Å². The first-order valence-corrected chi connectivity index (χ1v) is 9.87. The van der Waals surface area contributed by atoms with Gasteiger partial charge in [-0.05, 0) is 43.7 Å². The normalized spacial score (nSPS) is 19.5. The van der Waals surface area contributed by atoms with Gasteiger partial charge < -0.3 is 10.6 Å². The Morgan fingerprint density at radius 3 is 2.68 bits per heavy atom. The number of anilines is 2. The highest BCUT2D eigenvalue weighted by molar-refractivity contribution is 6.30. The Bertz CT molecular complexity index is 1230. The van der Waals surface area contributed by atoms with Gasteiger partial charge in [-0.3, -0.25) is 19.0 Å². The number of carbonyl (C=O) groups is 2. The van der Waals surface area contributed by atoms with Crippen LogP contribution in [0.4, 0.5) is 15.9 Å². The molecule has 3 aromatic rings. The van der Waals surface area contributed by atoms with E-state index >= 15 is 0 Å². The van der Waals surface area contributed by atoms with E-state index in [2.05, 4.69) is 15.6 Å². The van der Waals surface area contributed by atoms with Gasteiger partial charge >= 0.3 is 0 Å². The minimum Gasteiger partial charge on any atom is -0.323 e. The van der Waals surface area contributed by atoms with Gasteiger partial charge in [0.15, 0.2) is 0 Å². The van der Waals surface area contributed by atoms with Crippen LogP contribution in [0.25, 0.3) is 5.69 Å². The number of nitrogens with zero attached hydrogens (tertiary/aromatic N) is 2. The van der Waals surface area contributed by atoms with E-state index in [4.69, 9.17) is 11.6 Å². The zero-order chi connectivity index (χ0) is 22.2. The fourth-order valence-electron chi connectivity index (χ4n) is 3.32. The Morgan fingerprint density at radius 2 is 2.00 bits per heavy atom. The third-order valence-corrected chi connectivity index (χ3v) is 5.58. The zero-order valence-corrected chi connectivity index (χ0v) is 17.2. The second-order valence-corrected chi connectivity index (χ2v) is 7.99. The Balaban J connectivity index is 1.43. The molecule has 4 rings (SSSR count). The summed E-state index contributed by atoms with van der Waals surface area (Å²) in [6.07, 6.45) is 3.27. The van der Waals surface area contributed by atoms with Gasteiger partial charge in [0.1, 0.15) is 11.6 Å². The summed E-state index contributed by atoms with van der Waals surface area (Å²) >= 11 is 5.78. The van der Waals surface area contributed by atoms with Crippen molar-refractivity contribution < 1.29 is 14.0 Å². The van der Waals surface area contributed by atoms with Gasteiger partial charge in [-0.2, -0.15) is 0 Å². The molecule has 2 heterocycles. The highest BCUT2D eigenvalue weighted by Gasteiger charge is 2.60. The van der Waals surface area contributed by atoms with Crippen molar-refractivity contribution in [3.63, 3.8) is 0 Å². The van der Waals surface area contributed by atoms with Crippen LogP contribution in [0.5, 0.6) is 0 Å². The van der Waals surface area contributed by atoms with Crippen LogP contribution in [0, 0.1) is 17.2 Å². The highest BCUT2D eigenvalue weighted by Crippen LogP contribution is 2.53. The standard InChI is InChI=1S/C22H18ClFN4O3/c1-22(11-15(22)20(30)27-18-8-5-13(23)12-25-18)21(31)26-17-7-6-14(10-16(17)24)28-9-3-2-4-19(28)29/h2-10,12,15H,11H2,1H3,(H,26,31)(H,25,27,30)/t15-,22-/m1/s1. The summed E-state index contributed by atoms with van der Waals surface area (Å²) in [6, 6.07) is 11.9. The molecule has 7 nitrogen and oxygen atoms in total. The van der Waals surface area contributed by atoms with Crippen LogP contribution < -0.4 is 16.2 Å². The number of hydrogen-bond donors (Lipinski definition) is 2. The Morgan fingerprint density at radius 1 is 1.19 bits per heavy atom. The molecular formula is C22H18ClFN4O3. The third-order valence-electron chi connectivity index (χ3n) is 5.35. The molecule has 0 aliphatic heterocycles. The molecule has 2 N–H and O–H groups in total. The molecule has 0 saturated heterocycles. The second kappa shape index (κ2) is 7.96. The molecule has 0 spiro atoms. The van der Waals surface area contributed by atoms with Crippen LogP contribution in [-0.2, 0) is 9.59 Å². The van der Waals surface area contributed by atoms with Crippen molar-refractivity contribution in [1.82, 2.24) is 9.55 Å². The van der Waals surface area contributed by atoms with Crippen molar-refractivity contribution in [1.29, 1.82) is 0 Å². The molecule has 31 heavy (non-hydrogen) atoms. The highest BCUT2D eigenvalue weighted by atomic mass is 35.5. The molecule has 9 heteroatoms. The number of halogens is 2. The van der Waals surface area contributed by atoms with Gasteiger partial charge in [-0.1, -0.05) is 17.7 Å². The number of aromatic nitrogens is 2. The molecule has 2 atom stereocenters. The number of benzene rings is 1. The van der Waals surface area contributed by atoms with Gasteiger partial charge in [-0.15, -0.1) is 0 Å². The van der Waals surface area contributed by atoms with Crippen molar-refractivity contribution in [2.24, 2.45) is 11.3 Å². The molecule has 1 aliphatic carbocycles. The maximum absolute atomic E-state index is 14.6. The van der Waals surface area contributed by atoms with E-state index in [0.29, 0.717) is 22.9 Å². The molecule has 2 aromatic heterocycles. The van der Waals surface area contributed by atoms with Crippen molar-refractivity contribution in [3.05, 3.63) is 82.1 Å².